The van der Waals surface area contributed by atoms with Crippen molar-refractivity contribution < 1.29 is 22.3 Å². The zero-order valence-corrected chi connectivity index (χ0v) is 8.37. The van der Waals surface area contributed by atoms with Crippen molar-refractivity contribution in [3.8, 4) is 11.8 Å². The Labute approximate surface area is 89.0 Å². The number of alkyl halides is 2. The third kappa shape index (κ3) is 2.07. The summed E-state index contributed by atoms with van der Waals surface area (Å²) in [5, 5.41) is 21.3. The van der Waals surface area contributed by atoms with E-state index in [0.29, 0.717) is 6.20 Å². The molecule has 16 heavy (non-hydrogen) atoms. The Kier molecular flexibility index (Phi) is 3.06. The van der Waals surface area contributed by atoms with Crippen LogP contribution in [0, 0.1) is 11.3 Å². The summed E-state index contributed by atoms with van der Waals surface area (Å²) in [5.74, 6) is -0.959. The van der Waals surface area contributed by atoms with Crippen LogP contribution in [0.5, 0.6) is 5.75 Å². The fraction of sp³-hybridized carbons (Fsp3) is 0.143. The Hall–Kier alpha value is -1.79. The SMILES string of the molecule is N#Cc1c(S(N)(=O)=O)ncc(O)c1C(F)F. The average molecular weight is 249 g/mol. The summed E-state index contributed by atoms with van der Waals surface area (Å²) in [4.78, 5) is 3.14. The number of pyridine rings is 1. The van der Waals surface area contributed by atoms with Gasteiger partial charge in [-0.15, -0.1) is 0 Å². The summed E-state index contributed by atoms with van der Waals surface area (Å²) in [7, 11) is -4.40. The van der Waals surface area contributed by atoms with Gasteiger partial charge in [0.1, 0.15) is 17.4 Å². The molecular formula is C7H5F2N3O3S. The van der Waals surface area contributed by atoms with Gasteiger partial charge in [0.25, 0.3) is 16.4 Å². The Morgan fingerprint density at radius 2 is 2.12 bits per heavy atom. The maximum Gasteiger partial charge on any atom is 0.268 e. The summed E-state index contributed by atoms with van der Waals surface area (Å²) in [6.07, 6.45) is -2.71. The normalized spacial score (nSPS) is 11.4. The molecule has 86 valence electrons. The van der Waals surface area contributed by atoms with E-state index in [1.54, 1.807) is 0 Å². The van der Waals surface area contributed by atoms with Gasteiger partial charge >= 0.3 is 0 Å². The van der Waals surface area contributed by atoms with Gasteiger partial charge in [0.15, 0.2) is 5.03 Å². The number of nitriles is 1. The first-order chi connectivity index (χ1) is 7.29. The van der Waals surface area contributed by atoms with E-state index in [0.717, 1.165) is 0 Å². The minimum atomic E-state index is -4.40. The average Bonchev–Trinajstić information content (AvgIpc) is 2.14. The second kappa shape index (κ2) is 3.99. The van der Waals surface area contributed by atoms with Crippen LogP contribution in [-0.2, 0) is 10.0 Å². The molecule has 1 aromatic heterocycles. The van der Waals surface area contributed by atoms with E-state index in [1.165, 1.54) is 6.07 Å². The lowest BCUT2D eigenvalue weighted by Gasteiger charge is -2.07. The number of nitrogens with zero attached hydrogens (tertiary/aromatic N) is 2. The van der Waals surface area contributed by atoms with Crippen molar-refractivity contribution in [2.45, 2.75) is 11.5 Å². The monoisotopic (exact) mass is 249 g/mol. The number of sulfonamides is 1. The van der Waals surface area contributed by atoms with Crippen molar-refractivity contribution in [2.75, 3.05) is 0 Å². The van der Waals surface area contributed by atoms with Gasteiger partial charge in [0.2, 0.25) is 0 Å². The summed E-state index contributed by atoms with van der Waals surface area (Å²) in [5.41, 5.74) is -2.04. The lowest BCUT2D eigenvalue weighted by Crippen LogP contribution is -2.17. The molecule has 0 aromatic carbocycles. The Bertz CT molecular complexity index is 565. The van der Waals surface area contributed by atoms with Gasteiger partial charge in [-0.2, -0.15) is 5.26 Å². The molecule has 1 rings (SSSR count). The van der Waals surface area contributed by atoms with Crippen LogP contribution in [0.2, 0.25) is 0 Å². The largest absolute Gasteiger partial charge is 0.506 e. The summed E-state index contributed by atoms with van der Waals surface area (Å²) in [6, 6.07) is 1.23. The van der Waals surface area contributed by atoms with Crippen LogP contribution in [0.1, 0.15) is 17.6 Å². The van der Waals surface area contributed by atoms with Crippen LogP contribution in [-0.4, -0.2) is 18.5 Å². The molecule has 0 aliphatic heterocycles. The molecule has 0 aliphatic rings. The Balaban J connectivity index is 3.72. The third-order valence-electron chi connectivity index (χ3n) is 1.66. The number of rotatable bonds is 2. The maximum atomic E-state index is 12.5. The van der Waals surface area contributed by atoms with Gasteiger partial charge in [-0.05, 0) is 0 Å². The molecule has 0 spiro atoms. The van der Waals surface area contributed by atoms with E-state index >= 15 is 0 Å². The fourth-order valence-electron chi connectivity index (χ4n) is 1.04. The second-order valence-electron chi connectivity index (χ2n) is 2.69. The van der Waals surface area contributed by atoms with Gasteiger partial charge in [-0.1, -0.05) is 0 Å². The molecule has 0 atom stereocenters. The van der Waals surface area contributed by atoms with E-state index < -0.39 is 38.4 Å². The van der Waals surface area contributed by atoms with Crippen molar-refractivity contribution in [3.05, 3.63) is 17.3 Å². The van der Waals surface area contributed by atoms with Crippen LogP contribution >= 0.6 is 0 Å². The first-order valence-corrected chi connectivity index (χ1v) is 5.26. The first-order valence-electron chi connectivity index (χ1n) is 3.72. The summed E-state index contributed by atoms with van der Waals surface area (Å²) < 4.78 is 46.8. The molecule has 6 nitrogen and oxygen atoms in total. The zero-order valence-electron chi connectivity index (χ0n) is 7.55. The van der Waals surface area contributed by atoms with Crippen LogP contribution in [0.3, 0.4) is 0 Å². The number of primary sulfonamides is 1. The van der Waals surface area contributed by atoms with E-state index in [4.69, 9.17) is 10.4 Å². The minimum absolute atomic E-state index is 0.502. The molecule has 0 aliphatic carbocycles. The summed E-state index contributed by atoms with van der Waals surface area (Å²) >= 11 is 0. The van der Waals surface area contributed by atoms with E-state index in [9.17, 15) is 17.2 Å². The molecule has 0 radical (unpaired) electrons. The molecule has 0 saturated heterocycles. The highest BCUT2D eigenvalue weighted by Crippen LogP contribution is 2.32. The molecule has 1 heterocycles. The Morgan fingerprint density at radius 1 is 1.56 bits per heavy atom. The molecule has 1 aromatic rings. The van der Waals surface area contributed by atoms with Crippen molar-refractivity contribution >= 4 is 10.0 Å². The van der Waals surface area contributed by atoms with Gasteiger partial charge < -0.3 is 5.11 Å². The zero-order chi connectivity index (χ0) is 12.5. The van der Waals surface area contributed by atoms with E-state index in [1.807, 2.05) is 0 Å². The quantitative estimate of drug-likeness (QED) is 0.778. The molecule has 0 amide bonds. The number of aromatic hydroxyl groups is 1. The van der Waals surface area contributed by atoms with Crippen molar-refractivity contribution in [1.82, 2.24) is 4.98 Å². The first kappa shape index (κ1) is 12.3. The molecule has 0 saturated carbocycles. The smallest absolute Gasteiger partial charge is 0.268 e. The predicted molar refractivity (Wildman–Crippen MR) is 46.9 cm³/mol. The van der Waals surface area contributed by atoms with Gasteiger partial charge in [-0.25, -0.2) is 27.3 Å². The summed E-state index contributed by atoms with van der Waals surface area (Å²) in [6.45, 7) is 0. The maximum absolute atomic E-state index is 12.5. The molecule has 0 fully saturated rings. The van der Waals surface area contributed by atoms with Crippen molar-refractivity contribution in [1.29, 1.82) is 5.26 Å². The van der Waals surface area contributed by atoms with Gasteiger partial charge in [0, 0.05) is 0 Å². The van der Waals surface area contributed by atoms with Crippen LogP contribution in [0.25, 0.3) is 0 Å². The predicted octanol–water partition coefficient (Wildman–Crippen LogP) is 0.244. The Morgan fingerprint density at radius 3 is 2.50 bits per heavy atom. The molecule has 3 N–H and O–H groups in total. The fourth-order valence-corrected chi connectivity index (χ4v) is 1.68. The number of hydrogen-bond acceptors (Lipinski definition) is 5. The third-order valence-corrected chi connectivity index (χ3v) is 2.51. The topological polar surface area (TPSA) is 117 Å². The van der Waals surface area contributed by atoms with Crippen LogP contribution < -0.4 is 5.14 Å². The van der Waals surface area contributed by atoms with Gasteiger partial charge in [0.05, 0.1) is 11.8 Å². The molecule has 9 heteroatoms. The van der Waals surface area contributed by atoms with Crippen molar-refractivity contribution in [2.24, 2.45) is 5.14 Å². The number of hydrogen-bond donors (Lipinski definition) is 2. The van der Waals surface area contributed by atoms with E-state index in [2.05, 4.69) is 10.1 Å². The second-order valence-corrected chi connectivity index (χ2v) is 4.17. The highest BCUT2D eigenvalue weighted by Gasteiger charge is 2.26. The highest BCUT2D eigenvalue weighted by molar-refractivity contribution is 7.89. The van der Waals surface area contributed by atoms with Crippen molar-refractivity contribution in [3.63, 3.8) is 0 Å². The number of aromatic nitrogens is 1. The number of halogens is 2. The molecular weight excluding hydrogens is 244 g/mol. The van der Waals surface area contributed by atoms with Gasteiger partial charge in [-0.3, -0.25) is 0 Å². The molecule has 0 unspecified atom stereocenters. The minimum Gasteiger partial charge on any atom is -0.506 e. The van der Waals surface area contributed by atoms with Crippen LogP contribution in [0.4, 0.5) is 8.78 Å². The lowest BCUT2D eigenvalue weighted by atomic mass is 10.1. The lowest BCUT2D eigenvalue weighted by molar-refractivity contribution is 0.146. The molecule has 0 bridgehead atoms. The highest BCUT2D eigenvalue weighted by atomic mass is 32.2. The number of nitrogens with two attached hydrogens (primary N) is 1. The van der Waals surface area contributed by atoms with E-state index in [-0.39, 0.29) is 0 Å². The van der Waals surface area contributed by atoms with Crippen LogP contribution in [0.15, 0.2) is 11.2 Å². The standard InChI is InChI=1S/C7H5F2N3O3S/c8-6(9)5-3(1-10)7(16(11,14)15)12-2-4(5)13/h2,6,13H,(H2,11,14,15).